The van der Waals surface area contributed by atoms with E-state index < -0.39 is 0 Å². The molecule has 10 nitrogen and oxygen atoms in total. The molecule has 0 spiro atoms. The Kier molecular flexibility index (Phi) is 7.04. The van der Waals surface area contributed by atoms with Crippen LogP contribution in [-0.2, 0) is 20.9 Å². The van der Waals surface area contributed by atoms with Crippen molar-refractivity contribution in [2.45, 2.75) is 13.0 Å². The van der Waals surface area contributed by atoms with Crippen molar-refractivity contribution >= 4 is 23.6 Å². The van der Waals surface area contributed by atoms with Gasteiger partial charge in [0.25, 0.3) is 0 Å². The van der Waals surface area contributed by atoms with Crippen molar-refractivity contribution in [1.82, 2.24) is 20.0 Å². The fraction of sp³-hybridized carbons (Fsp3) is 0.368. The molecular formula is C19H23N5O5. The fourth-order valence-electron chi connectivity index (χ4n) is 2.68. The van der Waals surface area contributed by atoms with Crippen molar-refractivity contribution in [1.29, 1.82) is 0 Å². The lowest BCUT2D eigenvalue weighted by molar-refractivity contribution is -0.122. The van der Waals surface area contributed by atoms with E-state index in [-0.39, 0.29) is 37.5 Å². The summed E-state index contributed by atoms with van der Waals surface area (Å²) in [5.74, 6) is 0.262. The second-order valence-electron chi connectivity index (χ2n) is 6.34. The first kappa shape index (κ1) is 20.2. The number of aromatic nitrogens is 2. The molecule has 1 aliphatic heterocycles. The van der Waals surface area contributed by atoms with Crippen LogP contribution in [0.3, 0.4) is 0 Å². The summed E-state index contributed by atoms with van der Waals surface area (Å²) in [6, 6.07) is 9.26. The fourth-order valence-corrected chi connectivity index (χ4v) is 2.68. The lowest BCUT2D eigenvalue weighted by Gasteiger charge is -2.12. The number of rotatable bonds is 10. The van der Waals surface area contributed by atoms with Gasteiger partial charge in [0.1, 0.15) is 18.9 Å². The molecule has 2 N–H and O–H groups in total. The van der Waals surface area contributed by atoms with E-state index in [2.05, 4.69) is 15.7 Å². The highest BCUT2D eigenvalue weighted by atomic mass is 16.6. The number of nitrogens with one attached hydrogen (secondary N) is 2. The van der Waals surface area contributed by atoms with Gasteiger partial charge in [0.2, 0.25) is 11.8 Å². The number of ether oxygens (including phenoxy) is 2. The molecule has 0 bridgehead atoms. The number of nitrogens with zero attached hydrogens (tertiary/aromatic N) is 3. The maximum absolute atomic E-state index is 12.0. The number of hydrogen-bond donors (Lipinski definition) is 2. The molecule has 3 amide bonds. The zero-order chi connectivity index (χ0) is 20.5. The molecule has 1 fully saturated rings. The third-order valence-corrected chi connectivity index (χ3v) is 4.11. The van der Waals surface area contributed by atoms with E-state index in [1.54, 1.807) is 6.20 Å². The topological polar surface area (TPSA) is 115 Å². The van der Waals surface area contributed by atoms with Gasteiger partial charge in [0.15, 0.2) is 0 Å². The monoisotopic (exact) mass is 401 g/mol. The molecule has 3 rings (SSSR count). The van der Waals surface area contributed by atoms with E-state index in [1.165, 1.54) is 15.8 Å². The zero-order valence-corrected chi connectivity index (χ0v) is 15.9. The summed E-state index contributed by atoms with van der Waals surface area (Å²) < 4.78 is 11.7. The molecule has 0 atom stereocenters. The van der Waals surface area contributed by atoms with Crippen LogP contribution in [-0.4, -0.2) is 65.4 Å². The first-order chi connectivity index (χ1) is 14.1. The largest absolute Gasteiger partial charge is 0.493 e. The van der Waals surface area contributed by atoms with Crippen LogP contribution in [0.4, 0.5) is 10.5 Å². The van der Waals surface area contributed by atoms with Crippen LogP contribution in [0.5, 0.6) is 5.75 Å². The zero-order valence-electron chi connectivity index (χ0n) is 15.9. The van der Waals surface area contributed by atoms with Crippen LogP contribution in [0.15, 0.2) is 42.7 Å². The molecule has 0 unspecified atom stereocenters. The number of benzene rings is 1. The number of hydrogen-bond acceptors (Lipinski definition) is 6. The molecule has 29 heavy (non-hydrogen) atoms. The third kappa shape index (κ3) is 6.52. The summed E-state index contributed by atoms with van der Waals surface area (Å²) in [5.41, 5.74) is 0.502. The predicted molar refractivity (Wildman–Crippen MR) is 103 cm³/mol. The minimum absolute atomic E-state index is 0.0113. The van der Waals surface area contributed by atoms with Crippen LogP contribution in [0.25, 0.3) is 0 Å². The normalized spacial score (nSPS) is 13.1. The van der Waals surface area contributed by atoms with Gasteiger partial charge in [-0.05, 0) is 12.1 Å². The van der Waals surface area contributed by atoms with E-state index in [1.807, 2.05) is 30.3 Å². The van der Waals surface area contributed by atoms with Crippen LogP contribution in [0, 0.1) is 0 Å². The van der Waals surface area contributed by atoms with E-state index in [9.17, 15) is 14.4 Å². The number of amides is 3. The molecule has 2 heterocycles. The van der Waals surface area contributed by atoms with Crippen LogP contribution < -0.4 is 15.4 Å². The predicted octanol–water partition coefficient (Wildman–Crippen LogP) is 0.859. The summed E-state index contributed by atoms with van der Waals surface area (Å²) in [7, 11) is 0. The maximum Gasteiger partial charge on any atom is 0.409 e. The second kappa shape index (κ2) is 10.1. The molecule has 1 saturated heterocycles. The molecule has 0 aliphatic carbocycles. The first-order valence-corrected chi connectivity index (χ1v) is 9.29. The van der Waals surface area contributed by atoms with E-state index in [0.29, 0.717) is 37.7 Å². The number of cyclic esters (lactones) is 1. The molecule has 2 aromatic rings. The van der Waals surface area contributed by atoms with E-state index in [0.717, 1.165) is 0 Å². The van der Waals surface area contributed by atoms with Crippen LogP contribution >= 0.6 is 0 Å². The number of carbonyl (C=O) groups is 3. The summed E-state index contributed by atoms with van der Waals surface area (Å²) in [5, 5.41) is 9.49. The quantitative estimate of drug-likeness (QED) is 0.610. The number of para-hydroxylation sites is 1. The Bertz CT molecular complexity index is 839. The summed E-state index contributed by atoms with van der Waals surface area (Å²) >= 11 is 0. The Morgan fingerprint density at radius 2 is 2.03 bits per heavy atom. The van der Waals surface area contributed by atoms with Gasteiger partial charge in [0.05, 0.1) is 31.5 Å². The Labute approximate surface area is 167 Å². The van der Waals surface area contributed by atoms with Crippen molar-refractivity contribution in [3.8, 4) is 5.75 Å². The highest BCUT2D eigenvalue weighted by molar-refractivity contribution is 5.90. The smallest absolute Gasteiger partial charge is 0.409 e. The Morgan fingerprint density at radius 1 is 1.21 bits per heavy atom. The standard InChI is InChI=1S/C19H23N5O5/c25-17(6-10-28-16-4-2-1-3-5-16)22-15-12-21-24(13-15)14-18(26)20-7-8-23-9-11-29-19(23)27/h1-5,12-13H,6-11,14H2,(H,20,26)(H,22,25). The summed E-state index contributed by atoms with van der Waals surface area (Å²) in [6.07, 6.45) is 2.89. The van der Waals surface area contributed by atoms with Gasteiger partial charge in [-0.1, -0.05) is 18.2 Å². The third-order valence-electron chi connectivity index (χ3n) is 4.11. The molecule has 0 saturated carbocycles. The average Bonchev–Trinajstić information content (AvgIpc) is 3.31. The Hall–Kier alpha value is -3.56. The second-order valence-corrected chi connectivity index (χ2v) is 6.34. The van der Waals surface area contributed by atoms with Crippen LogP contribution in [0.1, 0.15) is 6.42 Å². The summed E-state index contributed by atoms with van der Waals surface area (Å²) in [6.45, 7) is 1.92. The molecule has 10 heteroatoms. The minimum atomic E-state index is -0.360. The lowest BCUT2D eigenvalue weighted by Crippen LogP contribution is -2.36. The average molecular weight is 401 g/mol. The number of carbonyl (C=O) groups excluding carboxylic acids is 3. The van der Waals surface area contributed by atoms with Crippen molar-refractivity contribution < 1.29 is 23.9 Å². The summed E-state index contributed by atoms with van der Waals surface area (Å²) in [4.78, 5) is 36.8. The van der Waals surface area contributed by atoms with Gasteiger partial charge in [-0.25, -0.2) is 4.79 Å². The molecular weight excluding hydrogens is 378 g/mol. The molecule has 1 aromatic carbocycles. The van der Waals surface area contributed by atoms with Crippen molar-refractivity contribution in [3.63, 3.8) is 0 Å². The van der Waals surface area contributed by atoms with Gasteiger partial charge in [-0.15, -0.1) is 0 Å². The highest BCUT2D eigenvalue weighted by Gasteiger charge is 2.21. The molecule has 154 valence electrons. The van der Waals surface area contributed by atoms with Crippen LogP contribution in [0.2, 0.25) is 0 Å². The van der Waals surface area contributed by atoms with Gasteiger partial charge in [0, 0.05) is 19.3 Å². The molecule has 1 aromatic heterocycles. The van der Waals surface area contributed by atoms with E-state index >= 15 is 0 Å². The van der Waals surface area contributed by atoms with Crippen molar-refractivity contribution in [3.05, 3.63) is 42.7 Å². The maximum atomic E-state index is 12.0. The van der Waals surface area contributed by atoms with Gasteiger partial charge in [-0.3, -0.25) is 14.3 Å². The first-order valence-electron chi connectivity index (χ1n) is 9.29. The SMILES string of the molecule is O=C(Cn1cc(NC(=O)CCOc2ccccc2)cn1)NCCN1CCOC1=O. The Morgan fingerprint density at radius 3 is 2.79 bits per heavy atom. The van der Waals surface area contributed by atoms with Crippen molar-refractivity contribution in [2.24, 2.45) is 0 Å². The Balaban J connectivity index is 1.33. The molecule has 0 radical (unpaired) electrons. The minimum Gasteiger partial charge on any atom is -0.493 e. The van der Waals surface area contributed by atoms with Gasteiger partial charge in [-0.2, -0.15) is 5.10 Å². The van der Waals surface area contributed by atoms with Crippen molar-refractivity contribution in [2.75, 3.05) is 38.2 Å². The number of anilines is 1. The van der Waals surface area contributed by atoms with Gasteiger partial charge < -0.3 is 25.0 Å². The molecule has 1 aliphatic rings. The van der Waals surface area contributed by atoms with Gasteiger partial charge >= 0.3 is 6.09 Å². The van der Waals surface area contributed by atoms with E-state index in [4.69, 9.17) is 9.47 Å². The lowest BCUT2D eigenvalue weighted by atomic mass is 10.3. The highest BCUT2D eigenvalue weighted by Crippen LogP contribution is 2.09.